The van der Waals surface area contributed by atoms with E-state index in [1.807, 2.05) is 0 Å². The summed E-state index contributed by atoms with van der Waals surface area (Å²) in [5.74, 6) is 3.46. The van der Waals surface area contributed by atoms with Crippen molar-refractivity contribution in [3.63, 3.8) is 0 Å². The van der Waals surface area contributed by atoms with E-state index in [1.165, 1.54) is 38.5 Å². The van der Waals surface area contributed by atoms with Crippen LogP contribution in [-0.2, 0) is 0 Å². The average molecular weight is 462 g/mol. The number of nitrogens with zero attached hydrogens (tertiary/aromatic N) is 1. The lowest BCUT2D eigenvalue weighted by Gasteiger charge is -2.58. The van der Waals surface area contributed by atoms with Gasteiger partial charge in [0.2, 0.25) is 0 Å². The third kappa shape index (κ3) is 4.49. The summed E-state index contributed by atoms with van der Waals surface area (Å²) in [6, 6.07) is 0.626. The highest BCUT2D eigenvalue weighted by Crippen LogP contribution is 2.66. The van der Waals surface area contributed by atoms with Gasteiger partial charge >= 0.3 is 0 Å². The third-order valence-corrected chi connectivity index (χ3v) is 9.78. The van der Waals surface area contributed by atoms with Gasteiger partial charge in [0.05, 0.1) is 6.10 Å². The minimum absolute atomic E-state index is 0. The average Bonchev–Trinajstić information content (AvgIpc) is 2.99. The molecule has 0 aliphatic heterocycles. The number of aliphatic hydroxyl groups excluding tert-OH is 1. The molecule has 3 fully saturated rings. The van der Waals surface area contributed by atoms with Gasteiger partial charge in [0.1, 0.15) is 0 Å². The van der Waals surface area contributed by atoms with Crippen LogP contribution >= 0.6 is 24.8 Å². The fourth-order valence-corrected chi connectivity index (χ4v) is 8.16. The summed E-state index contributed by atoms with van der Waals surface area (Å²) in [6.07, 6.45) is 12.6. The van der Waals surface area contributed by atoms with Crippen LogP contribution < -0.4 is 5.32 Å². The zero-order chi connectivity index (χ0) is 20.1. The van der Waals surface area contributed by atoms with Crippen LogP contribution in [0.2, 0.25) is 0 Å². The Kier molecular flexibility index (Phi) is 8.81. The van der Waals surface area contributed by atoms with Crippen molar-refractivity contribution >= 4 is 24.8 Å². The number of hydrogen-bond donors (Lipinski definition) is 2. The minimum atomic E-state index is -0.0883. The van der Waals surface area contributed by atoms with Gasteiger partial charge in [0.25, 0.3) is 0 Å². The van der Waals surface area contributed by atoms with Gasteiger partial charge in [-0.3, -0.25) is 0 Å². The zero-order valence-electron chi connectivity index (χ0n) is 19.8. The lowest BCUT2D eigenvalue weighted by molar-refractivity contribution is -0.0535. The Labute approximate surface area is 197 Å². The third-order valence-electron chi connectivity index (χ3n) is 9.78. The monoisotopic (exact) mass is 460 g/mol. The van der Waals surface area contributed by atoms with Gasteiger partial charge in [-0.25, -0.2) is 0 Å². The number of rotatable bonds is 5. The minimum Gasteiger partial charge on any atom is -0.393 e. The fraction of sp³-hybridized carbons (Fsp3) is 0.920. The van der Waals surface area contributed by atoms with Crippen LogP contribution in [0.5, 0.6) is 0 Å². The molecule has 0 saturated heterocycles. The highest BCUT2D eigenvalue weighted by Gasteiger charge is 2.59. The first-order valence-electron chi connectivity index (χ1n) is 12.0. The van der Waals surface area contributed by atoms with Crippen molar-refractivity contribution in [2.24, 2.45) is 34.5 Å². The second-order valence-corrected chi connectivity index (χ2v) is 11.4. The molecule has 0 aromatic rings. The van der Waals surface area contributed by atoms with Crippen LogP contribution in [-0.4, -0.2) is 49.3 Å². The van der Waals surface area contributed by atoms with Crippen molar-refractivity contribution in [1.82, 2.24) is 10.2 Å². The lowest BCUT2D eigenvalue weighted by Crippen LogP contribution is -2.52. The summed E-state index contributed by atoms with van der Waals surface area (Å²) in [4.78, 5) is 2.28. The molecule has 4 aliphatic rings. The maximum Gasteiger partial charge on any atom is 0.0577 e. The zero-order valence-corrected chi connectivity index (χ0v) is 21.5. The molecule has 3 saturated carbocycles. The molecule has 0 radical (unpaired) electrons. The molecule has 8 atom stereocenters. The molecule has 0 aromatic carbocycles. The van der Waals surface area contributed by atoms with Crippen LogP contribution in [0, 0.1) is 34.5 Å². The molecular weight excluding hydrogens is 415 g/mol. The number of likely N-dealkylation sites (N-methyl/N-ethyl adjacent to an activating group) is 1. The van der Waals surface area contributed by atoms with Crippen molar-refractivity contribution in [2.75, 3.05) is 27.2 Å². The quantitative estimate of drug-likeness (QED) is 0.545. The standard InChI is InChI=1S/C25H44N2O.2ClH/c1-17(26-14-15-27(4)5)21-8-9-22-20-7-6-18-16-19(28)10-12-24(18,2)23(20)11-13-25(21,22)3;;/h6,17,19-23,26,28H,7-16H2,1-5H3;2*1H/t17-,19-,20-,21+,22-,23-,24-,25+;;/m0../s1. The first-order valence-corrected chi connectivity index (χ1v) is 12.0. The van der Waals surface area contributed by atoms with E-state index in [-0.39, 0.29) is 30.9 Å². The van der Waals surface area contributed by atoms with E-state index >= 15 is 0 Å². The maximum atomic E-state index is 10.2. The molecule has 0 spiro atoms. The Balaban J connectivity index is 0.00000160. The topological polar surface area (TPSA) is 35.5 Å². The SMILES string of the molecule is C[C@H](NCCN(C)C)[C@H]1CC[C@H]2[C@@H]3CC=C4C[C@@H](O)CC[C@]4(C)[C@H]3CC[C@]12C.Cl.Cl. The number of fused-ring (bicyclic) bond motifs is 5. The predicted molar refractivity (Wildman–Crippen MR) is 132 cm³/mol. The van der Waals surface area contributed by atoms with E-state index in [2.05, 4.69) is 51.2 Å². The largest absolute Gasteiger partial charge is 0.393 e. The summed E-state index contributed by atoms with van der Waals surface area (Å²) in [6.45, 7) is 9.86. The Morgan fingerprint density at radius 1 is 1.10 bits per heavy atom. The molecule has 0 heterocycles. The summed E-state index contributed by atoms with van der Waals surface area (Å²) < 4.78 is 0. The smallest absolute Gasteiger partial charge is 0.0577 e. The van der Waals surface area contributed by atoms with Gasteiger partial charge < -0.3 is 15.3 Å². The van der Waals surface area contributed by atoms with E-state index in [0.29, 0.717) is 16.9 Å². The molecule has 0 aromatic heterocycles. The van der Waals surface area contributed by atoms with Crippen LogP contribution in [0.1, 0.15) is 72.1 Å². The molecule has 30 heavy (non-hydrogen) atoms. The number of nitrogens with one attached hydrogen (secondary N) is 1. The molecule has 0 unspecified atom stereocenters. The maximum absolute atomic E-state index is 10.2. The molecule has 176 valence electrons. The first kappa shape index (κ1) is 26.5. The normalized spacial score (nSPS) is 43.4. The van der Waals surface area contributed by atoms with E-state index in [0.717, 1.165) is 49.6 Å². The van der Waals surface area contributed by atoms with E-state index < -0.39 is 0 Å². The predicted octanol–water partition coefficient (Wildman–Crippen LogP) is 5.31. The molecule has 4 aliphatic carbocycles. The summed E-state index contributed by atoms with van der Waals surface area (Å²) >= 11 is 0. The van der Waals surface area contributed by atoms with Crippen molar-refractivity contribution in [3.05, 3.63) is 11.6 Å². The first-order chi connectivity index (χ1) is 13.3. The van der Waals surface area contributed by atoms with E-state index in [1.54, 1.807) is 5.57 Å². The highest BCUT2D eigenvalue weighted by atomic mass is 35.5. The van der Waals surface area contributed by atoms with Crippen LogP contribution in [0.3, 0.4) is 0 Å². The second-order valence-electron chi connectivity index (χ2n) is 11.4. The lowest BCUT2D eigenvalue weighted by atomic mass is 9.47. The van der Waals surface area contributed by atoms with Crippen LogP contribution in [0.25, 0.3) is 0 Å². The molecular formula is C25H46Cl2N2O. The molecule has 3 nitrogen and oxygen atoms in total. The van der Waals surface area contributed by atoms with Crippen LogP contribution in [0.15, 0.2) is 11.6 Å². The van der Waals surface area contributed by atoms with Crippen molar-refractivity contribution in [2.45, 2.75) is 84.3 Å². The Morgan fingerprint density at radius 2 is 1.83 bits per heavy atom. The number of aliphatic hydroxyl groups is 1. The van der Waals surface area contributed by atoms with Crippen molar-refractivity contribution in [1.29, 1.82) is 0 Å². The van der Waals surface area contributed by atoms with Gasteiger partial charge in [-0.05, 0) is 107 Å². The van der Waals surface area contributed by atoms with Crippen molar-refractivity contribution in [3.8, 4) is 0 Å². The van der Waals surface area contributed by atoms with Gasteiger partial charge in [-0.1, -0.05) is 25.5 Å². The fourth-order valence-electron chi connectivity index (χ4n) is 8.16. The van der Waals surface area contributed by atoms with Crippen LogP contribution in [0.4, 0.5) is 0 Å². The molecule has 0 bridgehead atoms. The highest BCUT2D eigenvalue weighted by molar-refractivity contribution is 5.85. The summed E-state index contributed by atoms with van der Waals surface area (Å²) in [5, 5.41) is 14.1. The number of hydrogen-bond acceptors (Lipinski definition) is 3. The summed E-state index contributed by atoms with van der Waals surface area (Å²) in [5.41, 5.74) is 2.49. The summed E-state index contributed by atoms with van der Waals surface area (Å²) in [7, 11) is 4.33. The Bertz CT molecular complexity index is 612. The van der Waals surface area contributed by atoms with Gasteiger partial charge in [-0.15, -0.1) is 24.8 Å². The molecule has 0 amide bonds. The second kappa shape index (κ2) is 10.00. The molecule has 4 rings (SSSR count). The van der Waals surface area contributed by atoms with Gasteiger partial charge in [0, 0.05) is 19.1 Å². The number of halogens is 2. The van der Waals surface area contributed by atoms with E-state index in [9.17, 15) is 5.11 Å². The molecule has 5 heteroatoms. The van der Waals surface area contributed by atoms with Gasteiger partial charge in [-0.2, -0.15) is 0 Å². The number of allylic oxidation sites excluding steroid dienone is 1. The molecule has 2 N–H and O–H groups in total. The van der Waals surface area contributed by atoms with E-state index in [4.69, 9.17) is 0 Å². The van der Waals surface area contributed by atoms with Crippen molar-refractivity contribution < 1.29 is 5.11 Å². The van der Waals surface area contributed by atoms with Gasteiger partial charge in [0.15, 0.2) is 0 Å². The Morgan fingerprint density at radius 3 is 2.53 bits per heavy atom. The Hall–Kier alpha value is 0.200.